The monoisotopic (exact) mass is 602 g/mol. The number of nitrogens with two attached hydrogens (primary N) is 6. The van der Waals surface area contributed by atoms with Gasteiger partial charge in [0, 0.05) is 13.1 Å². The second kappa shape index (κ2) is 21.5. The number of rotatable bonds is 22. The molecule has 0 saturated heterocycles. The minimum atomic E-state index is -1.53. The Morgan fingerprint density at radius 1 is 0.667 bits per heavy atom. The van der Waals surface area contributed by atoms with Gasteiger partial charge in [-0.05, 0) is 45.1 Å². The smallest absolute Gasteiger partial charge is 0.322 e. The van der Waals surface area contributed by atoms with Crippen molar-refractivity contribution in [2.75, 3.05) is 32.8 Å². The maximum absolute atomic E-state index is 13.1. The summed E-state index contributed by atoms with van der Waals surface area (Å²) in [4.78, 5) is 69.6. The van der Waals surface area contributed by atoms with Gasteiger partial charge >= 0.3 is 5.97 Å². The number of amides is 4. The molecule has 19 nitrogen and oxygen atoms in total. The fraction of sp³-hybridized carbons (Fsp3) is 0.696. The van der Waals surface area contributed by atoms with E-state index in [0.29, 0.717) is 25.8 Å². The third kappa shape index (κ3) is 17.5. The Morgan fingerprint density at radius 2 is 1.14 bits per heavy atom. The highest BCUT2D eigenvalue weighted by Crippen LogP contribution is 2.04. The van der Waals surface area contributed by atoms with Crippen LogP contribution in [-0.2, 0) is 24.0 Å². The number of nitrogens with zero attached hydrogens (tertiary/aromatic N) is 2. The van der Waals surface area contributed by atoms with Crippen molar-refractivity contribution in [3.8, 4) is 0 Å². The topological polar surface area (TPSA) is 355 Å². The summed E-state index contributed by atoms with van der Waals surface area (Å²) in [6.45, 7) is -0.845. The molecule has 0 bridgehead atoms. The molecule has 0 aliphatic heterocycles. The van der Waals surface area contributed by atoms with E-state index in [1.165, 1.54) is 0 Å². The number of unbranched alkanes of at least 4 members (excludes halogenated alkanes) is 1. The molecular formula is C23H46N12O7. The first-order valence-electron chi connectivity index (χ1n) is 13.4. The van der Waals surface area contributed by atoms with E-state index in [0.717, 1.165) is 0 Å². The number of carboxylic acid groups (broad SMARTS) is 1. The van der Waals surface area contributed by atoms with Crippen LogP contribution in [0.5, 0.6) is 0 Å². The molecule has 4 amide bonds. The molecule has 0 aliphatic rings. The predicted octanol–water partition coefficient (Wildman–Crippen LogP) is -5.80. The Hall–Kier alpha value is -4.23. The summed E-state index contributed by atoms with van der Waals surface area (Å²) < 4.78 is 0. The van der Waals surface area contributed by atoms with E-state index in [9.17, 15) is 29.1 Å². The molecule has 0 unspecified atom stereocenters. The first-order chi connectivity index (χ1) is 19.8. The molecule has 18 N–H and O–H groups in total. The third-order valence-corrected chi connectivity index (χ3v) is 5.69. The molecular weight excluding hydrogens is 556 g/mol. The summed E-state index contributed by atoms with van der Waals surface area (Å²) in [5.74, 6) is -4.80. The number of carboxylic acids is 1. The van der Waals surface area contributed by atoms with Gasteiger partial charge in [-0.25, -0.2) is 0 Å². The average Bonchev–Trinajstić information content (AvgIpc) is 2.92. The van der Waals surface area contributed by atoms with Crippen molar-refractivity contribution < 1.29 is 34.2 Å². The zero-order valence-electron chi connectivity index (χ0n) is 23.6. The maximum Gasteiger partial charge on any atom is 0.322 e. The fourth-order valence-corrected chi connectivity index (χ4v) is 3.49. The molecule has 0 saturated carbocycles. The van der Waals surface area contributed by atoms with Crippen molar-refractivity contribution in [1.29, 1.82) is 0 Å². The number of guanidine groups is 2. The summed E-state index contributed by atoms with van der Waals surface area (Å²) in [7, 11) is 0. The van der Waals surface area contributed by atoms with Crippen LogP contribution in [0.15, 0.2) is 9.98 Å². The van der Waals surface area contributed by atoms with Gasteiger partial charge in [0.2, 0.25) is 23.6 Å². The molecule has 0 aromatic rings. The molecule has 0 aliphatic carbocycles. The molecule has 0 spiro atoms. The zero-order chi connectivity index (χ0) is 32.1. The lowest BCUT2D eigenvalue weighted by Gasteiger charge is -2.25. The number of aliphatic imine (C=N–C) groups is 2. The highest BCUT2D eigenvalue weighted by atomic mass is 16.4. The largest absolute Gasteiger partial charge is 0.480 e. The van der Waals surface area contributed by atoms with E-state index in [1.54, 1.807) is 0 Å². The van der Waals surface area contributed by atoms with Crippen molar-refractivity contribution in [3.63, 3.8) is 0 Å². The van der Waals surface area contributed by atoms with Gasteiger partial charge in [-0.3, -0.25) is 34.0 Å². The van der Waals surface area contributed by atoms with E-state index in [2.05, 4.69) is 31.3 Å². The van der Waals surface area contributed by atoms with E-state index < -0.39 is 66.9 Å². The van der Waals surface area contributed by atoms with E-state index >= 15 is 0 Å². The Kier molecular flexibility index (Phi) is 19.3. The molecule has 0 aromatic carbocycles. The van der Waals surface area contributed by atoms with Crippen LogP contribution in [-0.4, -0.2) is 109 Å². The van der Waals surface area contributed by atoms with E-state index in [-0.39, 0.29) is 50.7 Å². The number of carbonyl (C=O) groups is 5. The summed E-state index contributed by atoms with van der Waals surface area (Å²) in [6.07, 6.45) is 2.18. The lowest BCUT2D eigenvalue weighted by atomic mass is 10.1. The predicted molar refractivity (Wildman–Crippen MR) is 154 cm³/mol. The molecule has 0 aromatic heterocycles. The van der Waals surface area contributed by atoms with Crippen LogP contribution in [0.3, 0.4) is 0 Å². The van der Waals surface area contributed by atoms with Crippen molar-refractivity contribution in [2.24, 2.45) is 44.4 Å². The quantitative estimate of drug-likeness (QED) is 0.0312. The molecule has 0 heterocycles. The molecule has 42 heavy (non-hydrogen) atoms. The Balaban J connectivity index is 5.55. The lowest BCUT2D eigenvalue weighted by Crippen LogP contribution is -2.58. The van der Waals surface area contributed by atoms with Crippen LogP contribution in [0.4, 0.5) is 0 Å². The minimum absolute atomic E-state index is 0.00554. The van der Waals surface area contributed by atoms with Gasteiger partial charge in [0.05, 0.1) is 12.6 Å². The van der Waals surface area contributed by atoms with Gasteiger partial charge in [0.25, 0.3) is 0 Å². The van der Waals surface area contributed by atoms with Gasteiger partial charge in [-0.1, -0.05) is 6.42 Å². The normalized spacial score (nSPS) is 13.4. The molecule has 240 valence electrons. The highest BCUT2D eigenvalue weighted by Gasteiger charge is 2.30. The second-order valence-corrected chi connectivity index (χ2v) is 9.27. The molecule has 0 rings (SSSR count). The number of aliphatic hydroxyl groups is 1. The average molecular weight is 603 g/mol. The number of carbonyl (C=O) groups excluding carboxylic acids is 4. The van der Waals surface area contributed by atoms with Crippen molar-refractivity contribution in [1.82, 2.24) is 21.3 Å². The van der Waals surface area contributed by atoms with Gasteiger partial charge < -0.3 is 65.9 Å². The Bertz CT molecular complexity index is 939. The molecule has 19 heteroatoms. The highest BCUT2D eigenvalue weighted by molar-refractivity contribution is 5.95. The van der Waals surface area contributed by atoms with Gasteiger partial charge in [-0.2, -0.15) is 0 Å². The number of aliphatic carboxylic acids is 1. The number of hydrogen-bond donors (Lipinski definition) is 12. The Labute approximate surface area is 243 Å². The second-order valence-electron chi connectivity index (χ2n) is 9.27. The van der Waals surface area contributed by atoms with E-state index in [4.69, 9.17) is 39.5 Å². The lowest BCUT2D eigenvalue weighted by molar-refractivity contribution is -0.138. The van der Waals surface area contributed by atoms with Crippen LogP contribution >= 0.6 is 0 Å². The van der Waals surface area contributed by atoms with Crippen molar-refractivity contribution in [3.05, 3.63) is 0 Å². The SMILES string of the molecule is NCCCC[C@H](N)C(=O)N[C@@H](CCCN=C(N)N)C(=O)N[C@@H](CO)C(=O)N[C@@H](CCCN=C(N)N)C(=O)NCC(=O)O. The van der Waals surface area contributed by atoms with Crippen LogP contribution in [0.1, 0.15) is 44.9 Å². The zero-order valence-corrected chi connectivity index (χ0v) is 23.6. The maximum atomic E-state index is 13.1. The van der Waals surface area contributed by atoms with Crippen LogP contribution in [0.2, 0.25) is 0 Å². The van der Waals surface area contributed by atoms with Crippen molar-refractivity contribution in [2.45, 2.75) is 69.1 Å². The molecule has 0 radical (unpaired) electrons. The molecule has 0 fully saturated rings. The summed E-state index contributed by atoms with van der Waals surface area (Å²) in [5, 5.41) is 28.1. The summed E-state index contributed by atoms with van der Waals surface area (Å²) in [5.41, 5.74) is 32.6. The number of hydrogen-bond acceptors (Lipinski definition) is 10. The fourth-order valence-electron chi connectivity index (χ4n) is 3.49. The summed E-state index contributed by atoms with van der Waals surface area (Å²) in [6, 6.07) is -4.84. The molecule has 4 atom stereocenters. The van der Waals surface area contributed by atoms with Gasteiger partial charge in [0.1, 0.15) is 24.7 Å². The van der Waals surface area contributed by atoms with E-state index in [1.807, 2.05) is 0 Å². The minimum Gasteiger partial charge on any atom is -0.480 e. The standard InChI is InChI=1S/C23H46N12O7/c24-8-2-1-5-13(25)18(39)33-15(7-4-10-31-23(28)29)20(41)35-16(12-36)21(42)34-14(6-3-9-30-22(26)27)19(40)32-11-17(37)38/h13-16,36H,1-12,24-25H2,(H,32,40)(H,33,39)(H,34,42)(H,35,41)(H,37,38)(H4,26,27,30)(H4,28,29,31)/t13-,14-,15-,16-/m0/s1. The first-order valence-corrected chi connectivity index (χ1v) is 13.4. The Morgan fingerprint density at radius 3 is 1.62 bits per heavy atom. The summed E-state index contributed by atoms with van der Waals surface area (Å²) >= 11 is 0. The number of aliphatic hydroxyl groups excluding tert-OH is 1. The van der Waals surface area contributed by atoms with Crippen LogP contribution in [0.25, 0.3) is 0 Å². The van der Waals surface area contributed by atoms with Crippen LogP contribution in [0, 0.1) is 0 Å². The van der Waals surface area contributed by atoms with Gasteiger partial charge in [0.15, 0.2) is 11.9 Å². The third-order valence-electron chi connectivity index (χ3n) is 5.69. The first kappa shape index (κ1) is 37.8. The number of nitrogens with one attached hydrogen (secondary N) is 4. The van der Waals surface area contributed by atoms with Crippen molar-refractivity contribution >= 4 is 41.5 Å². The van der Waals surface area contributed by atoms with Crippen LogP contribution < -0.4 is 55.7 Å². The van der Waals surface area contributed by atoms with Gasteiger partial charge in [-0.15, -0.1) is 0 Å².